The number of aliphatic carboxylic acids is 1. The van der Waals surface area contributed by atoms with E-state index >= 15 is 0 Å². The fraction of sp³-hybridized carbons (Fsp3) is 0.941. The molecule has 0 aromatic heterocycles. The lowest BCUT2D eigenvalue weighted by molar-refractivity contribution is -0.945. The molecule has 2 aliphatic rings. The molecule has 122 valence electrons. The third kappa shape index (κ3) is 4.96. The zero-order chi connectivity index (χ0) is 15.7. The van der Waals surface area contributed by atoms with Crippen molar-refractivity contribution in [1.82, 2.24) is 0 Å². The van der Waals surface area contributed by atoms with Crippen LogP contribution >= 0.6 is 0 Å². The molecule has 1 heterocycles. The summed E-state index contributed by atoms with van der Waals surface area (Å²) in [7, 11) is 0. The van der Waals surface area contributed by atoms with E-state index < -0.39 is 5.97 Å². The van der Waals surface area contributed by atoms with Crippen LogP contribution in [-0.4, -0.2) is 47.8 Å². The van der Waals surface area contributed by atoms with Gasteiger partial charge in [0.05, 0.1) is 38.6 Å². The molecule has 2 fully saturated rings. The molecule has 3 atom stereocenters. The number of carbonyl (C=O) groups is 1. The minimum Gasteiger partial charge on any atom is -0.481 e. The SMILES string of the molecule is CC(C)(C)C[N+]1(CC2CCC2)CC(N)CC(CC(=O)O)C1. The number of nitrogens with zero attached hydrogens (tertiary/aromatic N) is 1. The van der Waals surface area contributed by atoms with Crippen LogP contribution in [0.1, 0.15) is 52.9 Å². The van der Waals surface area contributed by atoms with Crippen LogP contribution in [0.15, 0.2) is 0 Å². The monoisotopic (exact) mass is 297 g/mol. The van der Waals surface area contributed by atoms with Crippen LogP contribution in [0, 0.1) is 17.3 Å². The third-order valence-corrected chi connectivity index (χ3v) is 5.05. The first-order valence-electron chi connectivity index (χ1n) is 8.50. The van der Waals surface area contributed by atoms with Crippen LogP contribution in [0.4, 0.5) is 0 Å². The first-order chi connectivity index (χ1) is 9.67. The molecule has 1 aliphatic heterocycles. The molecule has 21 heavy (non-hydrogen) atoms. The normalized spacial score (nSPS) is 34.5. The first kappa shape index (κ1) is 16.8. The summed E-state index contributed by atoms with van der Waals surface area (Å²) in [5.41, 5.74) is 6.58. The Morgan fingerprint density at radius 1 is 1.24 bits per heavy atom. The Kier molecular flexibility index (Phi) is 4.99. The van der Waals surface area contributed by atoms with E-state index in [-0.39, 0.29) is 23.8 Å². The van der Waals surface area contributed by atoms with Gasteiger partial charge in [0.1, 0.15) is 0 Å². The van der Waals surface area contributed by atoms with E-state index in [0.29, 0.717) is 0 Å². The van der Waals surface area contributed by atoms with Gasteiger partial charge >= 0.3 is 5.97 Å². The van der Waals surface area contributed by atoms with Crippen LogP contribution in [0.3, 0.4) is 0 Å². The average molecular weight is 297 g/mol. The van der Waals surface area contributed by atoms with E-state index in [1.165, 1.54) is 25.8 Å². The van der Waals surface area contributed by atoms with Gasteiger partial charge in [0.25, 0.3) is 0 Å². The first-order valence-corrected chi connectivity index (χ1v) is 8.50. The second-order valence-electron chi connectivity index (χ2n) is 8.86. The van der Waals surface area contributed by atoms with Crippen molar-refractivity contribution in [2.24, 2.45) is 23.0 Å². The molecule has 1 aliphatic carbocycles. The van der Waals surface area contributed by atoms with Crippen molar-refractivity contribution in [3.63, 3.8) is 0 Å². The van der Waals surface area contributed by atoms with Gasteiger partial charge in [-0.3, -0.25) is 4.79 Å². The topological polar surface area (TPSA) is 63.3 Å². The predicted octanol–water partition coefficient (Wildman–Crippen LogP) is 2.47. The van der Waals surface area contributed by atoms with Gasteiger partial charge in [0.2, 0.25) is 0 Å². The number of rotatable bonds is 5. The van der Waals surface area contributed by atoms with E-state index in [1.807, 2.05) is 0 Å². The molecule has 0 bridgehead atoms. The van der Waals surface area contributed by atoms with Gasteiger partial charge in [-0.25, -0.2) is 0 Å². The zero-order valence-electron chi connectivity index (χ0n) is 14.0. The Morgan fingerprint density at radius 3 is 2.38 bits per heavy atom. The van der Waals surface area contributed by atoms with Crippen molar-refractivity contribution in [2.45, 2.75) is 58.9 Å². The molecule has 0 spiro atoms. The zero-order valence-corrected chi connectivity index (χ0v) is 14.0. The van der Waals surface area contributed by atoms with Crippen molar-refractivity contribution in [1.29, 1.82) is 0 Å². The van der Waals surface area contributed by atoms with E-state index in [0.717, 1.165) is 36.5 Å². The summed E-state index contributed by atoms with van der Waals surface area (Å²) in [5, 5.41) is 9.15. The lowest BCUT2D eigenvalue weighted by Crippen LogP contribution is -2.64. The summed E-state index contributed by atoms with van der Waals surface area (Å²) < 4.78 is 1.05. The minimum absolute atomic E-state index is 0.158. The standard InChI is InChI=1S/C17H32N2O2/c1-17(2,3)12-19(9-13-5-4-6-13)10-14(8-16(20)21)7-15(18)11-19/h13-15H,4-12,18H2,1-3H3/p+1. The van der Waals surface area contributed by atoms with Crippen molar-refractivity contribution in [3.05, 3.63) is 0 Å². The number of quaternary nitrogens is 1. The quantitative estimate of drug-likeness (QED) is 0.766. The Hall–Kier alpha value is -0.610. The van der Waals surface area contributed by atoms with Crippen LogP contribution in [0.25, 0.3) is 0 Å². The molecule has 4 heteroatoms. The van der Waals surface area contributed by atoms with Gasteiger partial charge in [-0.15, -0.1) is 0 Å². The number of nitrogens with two attached hydrogens (primary N) is 1. The smallest absolute Gasteiger partial charge is 0.303 e. The van der Waals surface area contributed by atoms with Crippen molar-refractivity contribution < 1.29 is 14.4 Å². The minimum atomic E-state index is -0.674. The summed E-state index contributed by atoms with van der Waals surface area (Å²) >= 11 is 0. The van der Waals surface area contributed by atoms with Crippen LogP contribution in [0.2, 0.25) is 0 Å². The Bertz CT molecular complexity index is 373. The van der Waals surface area contributed by atoms with E-state index in [9.17, 15) is 4.79 Å². The molecular weight excluding hydrogens is 264 g/mol. The summed E-state index contributed by atoms with van der Waals surface area (Å²) in [5.74, 6) is 0.406. The molecule has 0 aromatic rings. The highest BCUT2D eigenvalue weighted by molar-refractivity contribution is 5.67. The largest absolute Gasteiger partial charge is 0.481 e. The molecule has 3 unspecified atom stereocenters. The molecule has 0 radical (unpaired) electrons. The molecule has 2 rings (SSSR count). The lowest BCUT2D eigenvalue weighted by Gasteiger charge is -2.51. The molecule has 0 amide bonds. The second kappa shape index (κ2) is 6.25. The van der Waals surface area contributed by atoms with Crippen molar-refractivity contribution >= 4 is 5.97 Å². The highest BCUT2D eigenvalue weighted by Gasteiger charge is 2.43. The molecule has 3 N–H and O–H groups in total. The Labute approximate surface area is 129 Å². The third-order valence-electron chi connectivity index (χ3n) is 5.05. The Morgan fingerprint density at radius 2 is 1.90 bits per heavy atom. The summed E-state index contributed by atoms with van der Waals surface area (Å²) in [6.07, 6.45) is 5.22. The highest BCUT2D eigenvalue weighted by atomic mass is 16.4. The maximum atomic E-state index is 11.1. The molecule has 4 nitrogen and oxygen atoms in total. The summed E-state index contributed by atoms with van der Waals surface area (Å²) in [4.78, 5) is 11.1. The van der Waals surface area contributed by atoms with E-state index in [1.54, 1.807) is 0 Å². The van der Waals surface area contributed by atoms with Crippen LogP contribution < -0.4 is 5.73 Å². The average Bonchev–Trinajstić information content (AvgIpc) is 2.19. The van der Waals surface area contributed by atoms with E-state index in [4.69, 9.17) is 10.8 Å². The summed E-state index contributed by atoms with van der Waals surface area (Å²) in [6, 6.07) is 0.158. The van der Waals surface area contributed by atoms with Gasteiger partial charge in [0.15, 0.2) is 0 Å². The molecule has 0 aromatic carbocycles. The summed E-state index contributed by atoms with van der Waals surface area (Å²) in [6.45, 7) is 11.2. The van der Waals surface area contributed by atoms with Crippen LogP contribution in [-0.2, 0) is 4.79 Å². The van der Waals surface area contributed by atoms with Gasteiger partial charge in [-0.1, -0.05) is 27.2 Å². The molecular formula is C17H33N2O2+. The fourth-order valence-corrected chi connectivity index (χ4v) is 4.66. The maximum Gasteiger partial charge on any atom is 0.303 e. The number of hydrogen-bond acceptors (Lipinski definition) is 2. The van der Waals surface area contributed by atoms with Crippen molar-refractivity contribution in [2.75, 3.05) is 26.2 Å². The van der Waals surface area contributed by atoms with Gasteiger partial charge in [-0.05, 0) is 19.3 Å². The predicted molar refractivity (Wildman–Crippen MR) is 84.9 cm³/mol. The molecule has 1 saturated carbocycles. The van der Waals surface area contributed by atoms with Gasteiger partial charge < -0.3 is 15.3 Å². The highest BCUT2D eigenvalue weighted by Crippen LogP contribution is 2.36. The number of carboxylic acid groups (broad SMARTS) is 1. The van der Waals surface area contributed by atoms with Crippen molar-refractivity contribution in [3.8, 4) is 0 Å². The van der Waals surface area contributed by atoms with Crippen LogP contribution in [0.5, 0.6) is 0 Å². The molecule has 1 saturated heterocycles. The number of likely N-dealkylation sites (tertiary alicyclic amines) is 1. The Balaban J connectivity index is 2.13. The second-order valence-corrected chi connectivity index (χ2v) is 8.86. The number of hydrogen-bond donors (Lipinski definition) is 2. The number of carboxylic acids is 1. The lowest BCUT2D eigenvalue weighted by atomic mass is 9.80. The maximum absolute atomic E-state index is 11.1. The van der Waals surface area contributed by atoms with Gasteiger partial charge in [0, 0.05) is 17.3 Å². The van der Waals surface area contributed by atoms with E-state index in [2.05, 4.69) is 20.8 Å². The fourth-order valence-electron chi connectivity index (χ4n) is 4.66. The van der Waals surface area contributed by atoms with Gasteiger partial charge in [-0.2, -0.15) is 0 Å². The number of piperidine rings is 1.